The van der Waals surface area contributed by atoms with Gasteiger partial charge in [-0.2, -0.15) is 0 Å². The second-order valence-electron chi connectivity index (χ2n) is 8.34. The van der Waals surface area contributed by atoms with Crippen LogP contribution in [-0.4, -0.2) is 35.9 Å². The molecule has 5 heteroatoms. The minimum atomic E-state index is -0.586. The van der Waals surface area contributed by atoms with Crippen molar-refractivity contribution in [3.05, 3.63) is 65.2 Å². The van der Waals surface area contributed by atoms with E-state index >= 15 is 0 Å². The number of hydrogen-bond donors (Lipinski definition) is 1. The zero-order valence-electron chi connectivity index (χ0n) is 19.5. The number of nitrogens with one attached hydrogen (secondary N) is 1. The summed E-state index contributed by atoms with van der Waals surface area (Å²) < 4.78 is 5.75. The van der Waals surface area contributed by atoms with Crippen LogP contribution in [0.1, 0.15) is 63.1 Å². The third-order valence-corrected chi connectivity index (χ3v) is 5.34. The Morgan fingerprint density at radius 1 is 1.06 bits per heavy atom. The number of hydrogen-bond acceptors (Lipinski definition) is 3. The lowest BCUT2D eigenvalue weighted by Gasteiger charge is -2.29. The van der Waals surface area contributed by atoms with Crippen molar-refractivity contribution in [1.29, 1.82) is 0 Å². The summed E-state index contributed by atoms with van der Waals surface area (Å²) in [6.45, 7) is 11.0. The highest BCUT2D eigenvalue weighted by Crippen LogP contribution is 2.19. The molecule has 5 nitrogen and oxygen atoms in total. The van der Waals surface area contributed by atoms with Gasteiger partial charge < -0.3 is 15.0 Å². The standard InChI is InChI=1S/C26H36N2O3/c1-6-7-15-27-26(30)21(5)28(17-22-10-8-9-20(4)16-22)25(29)18-31-24-13-11-23(12-14-24)19(2)3/h8-14,16,19,21H,6-7,15,17-18H2,1-5H3,(H,27,30)/t21-/m1/s1. The third-order valence-electron chi connectivity index (χ3n) is 5.34. The van der Waals surface area contributed by atoms with Crippen LogP contribution < -0.4 is 10.1 Å². The molecule has 0 aliphatic heterocycles. The van der Waals surface area contributed by atoms with Crippen molar-refractivity contribution in [1.82, 2.24) is 10.2 Å². The lowest BCUT2D eigenvalue weighted by molar-refractivity contribution is -0.142. The highest BCUT2D eigenvalue weighted by Gasteiger charge is 2.26. The Labute approximate surface area is 186 Å². The predicted molar refractivity (Wildman–Crippen MR) is 125 cm³/mol. The van der Waals surface area contributed by atoms with Crippen LogP contribution in [0.25, 0.3) is 0 Å². The van der Waals surface area contributed by atoms with Crippen molar-refractivity contribution >= 4 is 11.8 Å². The molecule has 0 saturated carbocycles. The van der Waals surface area contributed by atoms with Gasteiger partial charge in [0.25, 0.3) is 5.91 Å². The minimum absolute atomic E-state index is 0.112. The number of amides is 2. The SMILES string of the molecule is CCCCNC(=O)[C@@H](C)N(Cc1cccc(C)c1)C(=O)COc1ccc(C(C)C)cc1. The van der Waals surface area contributed by atoms with E-state index in [9.17, 15) is 9.59 Å². The summed E-state index contributed by atoms with van der Waals surface area (Å²) in [6.07, 6.45) is 1.92. The maximum atomic E-state index is 13.1. The van der Waals surface area contributed by atoms with E-state index in [-0.39, 0.29) is 18.4 Å². The Bertz CT molecular complexity index is 846. The number of aryl methyl sites for hydroxylation is 1. The Hall–Kier alpha value is -2.82. The molecular formula is C26H36N2O3. The van der Waals surface area contributed by atoms with Crippen LogP contribution in [-0.2, 0) is 16.1 Å². The number of carbonyl (C=O) groups excluding carboxylic acids is 2. The topological polar surface area (TPSA) is 58.6 Å². The maximum absolute atomic E-state index is 13.1. The summed E-state index contributed by atoms with van der Waals surface area (Å²) in [5.41, 5.74) is 3.33. The van der Waals surface area contributed by atoms with E-state index in [2.05, 4.69) is 26.1 Å². The molecule has 0 fully saturated rings. The molecule has 0 aliphatic carbocycles. The van der Waals surface area contributed by atoms with Crippen LogP contribution in [0.2, 0.25) is 0 Å². The van der Waals surface area contributed by atoms with E-state index in [0.717, 1.165) is 24.0 Å². The normalized spacial score (nSPS) is 11.8. The first kappa shape index (κ1) is 24.4. The number of rotatable bonds is 11. The molecule has 31 heavy (non-hydrogen) atoms. The van der Waals surface area contributed by atoms with E-state index in [4.69, 9.17) is 4.74 Å². The molecule has 1 N–H and O–H groups in total. The van der Waals surface area contributed by atoms with Gasteiger partial charge in [-0.15, -0.1) is 0 Å². The Morgan fingerprint density at radius 2 is 1.77 bits per heavy atom. The molecule has 0 bridgehead atoms. The van der Waals surface area contributed by atoms with Crippen LogP contribution in [0.15, 0.2) is 48.5 Å². The van der Waals surface area contributed by atoms with Gasteiger partial charge in [-0.3, -0.25) is 9.59 Å². The van der Waals surface area contributed by atoms with Crippen LogP contribution in [0.4, 0.5) is 0 Å². The number of benzene rings is 2. The Morgan fingerprint density at radius 3 is 2.39 bits per heavy atom. The lowest BCUT2D eigenvalue weighted by atomic mass is 10.0. The average Bonchev–Trinajstić information content (AvgIpc) is 2.75. The van der Waals surface area contributed by atoms with Crippen molar-refractivity contribution in [2.45, 2.75) is 66.0 Å². The number of ether oxygens (including phenoxy) is 1. The molecule has 0 spiro atoms. The Balaban J connectivity index is 2.09. The van der Waals surface area contributed by atoms with E-state index in [1.807, 2.05) is 55.5 Å². The summed E-state index contributed by atoms with van der Waals surface area (Å²) in [4.78, 5) is 27.3. The van der Waals surface area contributed by atoms with Crippen molar-refractivity contribution in [3.8, 4) is 5.75 Å². The molecule has 168 valence electrons. The van der Waals surface area contributed by atoms with Gasteiger partial charge in [0, 0.05) is 13.1 Å². The Kier molecular flexibility index (Phi) is 9.57. The van der Waals surface area contributed by atoms with Gasteiger partial charge in [0.05, 0.1) is 0 Å². The number of nitrogens with zero attached hydrogens (tertiary/aromatic N) is 1. The molecule has 0 heterocycles. The number of carbonyl (C=O) groups is 2. The third kappa shape index (κ3) is 7.74. The fourth-order valence-electron chi connectivity index (χ4n) is 3.30. The summed E-state index contributed by atoms with van der Waals surface area (Å²) in [5.74, 6) is 0.726. The molecule has 0 radical (unpaired) electrons. The molecule has 0 aliphatic rings. The van der Waals surface area contributed by atoms with Crippen LogP contribution in [0, 0.1) is 6.92 Å². The fourth-order valence-corrected chi connectivity index (χ4v) is 3.30. The predicted octanol–water partition coefficient (Wildman–Crippen LogP) is 4.83. The van der Waals surface area contributed by atoms with Gasteiger partial charge in [0.1, 0.15) is 11.8 Å². The summed E-state index contributed by atoms with van der Waals surface area (Å²) in [6, 6.07) is 15.2. The second-order valence-corrected chi connectivity index (χ2v) is 8.34. The summed E-state index contributed by atoms with van der Waals surface area (Å²) in [5, 5.41) is 2.93. The van der Waals surface area contributed by atoms with Gasteiger partial charge in [-0.05, 0) is 49.4 Å². The van der Waals surface area contributed by atoms with Gasteiger partial charge in [0.2, 0.25) is 5.91 Å². The lowest BCUT2D eigenvalue weighted by Crippen LogP contribution is -2.49. The molecule has 0 aromatic heterocycles. The quantitative estimate of drug-likeness (QED) is 0.526. The van der Waals surface area contributed by atoms with E-state index < -0.39 is 6.04 Å². The van der Waals surface area contributed by atoms with Crippen molar-refractivity contribution in [2.24, 2.45) is 0 Å². The molecule has 1 atom stereocenters. The first-order valence-electron chi connectivity index (χ1n) is 11.2. The highest BCUT2D eigenvalue weighted by molar-refractivity contribution is 5.87. The average molecular weight is 425 g/mol. The molecule has 2 rings (SSSR count). The monoisotopic (exact) mass is 424 g/mol. The first-order chi connectivity index (χ1) is 14.8. The van der Waals surface area contributed by atoms with E-state index in [1.54, 1.807) is 11.8 Å². The fraction of sp³-hybridized carbons (Fsp3) is 0.462. The molecule has 0 saturated heterocycles. The summed E-state index contributed by atoms with van der Waals surface area (Å²) in [7, 11) is 0. The van der Waals surface area contributed by atoms with Crippen LogP contribution >= 0.6 is 0 Å². The van der Waals surface area contributed by atoms with Gasteiger partial charge >= 0.3 is 0 Å². The van der Waals surface area contributed by atoms with Crippen LogP contribution in [0.5, 0.6) is 5.75 Å². The summed E-state index contributed by atoms with van der Waals surface area (Å²) >= 11 is 0. The molecular weight excluding hydrogens is 388 g/mol. The van der Waals surface area contributed by atoms with Gasteiger partial charge in [-0.1, -0.05) is 69.2 Å². The second kappa shape index (κ2) is 12.1. The van der Waals surface area contributed by atoms with Crippen molar-refractivity contribution < 1.29 is 14.3 Å². The van der Waals surface area contributed by atoms with Crippen molar-refractivity contribution in [3.63, 3.8) is 0 Å². The highest BCUT2D eigenvalue weighted by atomic mass is 16.5. The van der Waals surface area contributed by atoms with Gasteiger partial charge in [0.15, 0.2) is 6.61 Å². The van der Waals surface area contributed by atoms with Gasteiger partial charge in [-0.25, -0.2) is 0 Å². The van der Waals surface area contributed by atoms with E-state index in [0.29, 0.717) is 24.8 Å². The molecule has 0 unspecified atom stereocenters. The first-order valence-corrected chi connectivity index (χ1v) is 11.2. The van der Waals surface area contributed by atoms with E-state index in [1.165, 1.54) is 5.56 Å². The largest absolute Gasteiger partial charge is 0.484 e. The maximum Gasteiger partial charge on any atom is 0.261 e. The molecule has 2 aromatic carbocycles. The zero-order valence-corrected chi connectivity index (χ0v) is 19.5. The minimum Gasteiger partial charge on any atom is -0.484 e. The zero-order chi connectivity index (χ0) is 22.8. The molecule has 2 amide bonds. The molecule has 2 aromatic rings. The van der Waals surface area contributed by atoms with Crippen molar-refractivity contribution in [2.75, 3.05) is 13.2 Å². The number of unbranched alkanes of at least 4 members (excludes halogenated alkanes) is 1. The smallest absolute Gasteiger partial charge is 0.261 e. The van der Waals surface area contributed by atoms with Crippen LogP contribution in [0.3, 0.4) is 0 Å².